The lowest BCUT2D eigenvalue weighted by Crippen LogP contribution is -2.12. The van der Waals surface area contributed by atoms with E-state index in [9.17, 15) is 4.79 Å². The largest absolute Gasteiger partial charge is 0.452 e. The van der Waals surface area contributed by atoms with Crippen LogP contribution in [0.3, 0.4) is 0 Å². The summed E-state index contributed by atoms with van der Waals surface area (Å²) < 4.78 is 5.95. The van der Waals surface area contributed by atoms with E-state index in [2.05, 4.69) is 71.7 Å². The third kappa shape index (κ3) is 4.80. The van der Waals surface area contributed by atoms with Crippen LogP contribution in [0.2, 0.25) is 0 Å². The summed E-state index contributed by atoms with van der Waals surface area (Å²) in [5.74, 6) is -0.198. The second-order valence-electron chi connectivity index (χ2n) is 8.43. The molecule has 0 aliphatic carbocycles. The molecule has 0 aliphatic rings. The van der Waals surface area contributed by atoms with Crippen molar-refractivity contribution in [2.75, 3.05) is 0 Å². The van der Waals surface area contributed by atoms with E-state index in [1.807, 2.05) is 61.7 Å². The Balaban J connectivity index is 0.000000234. The molecule has 6 rings (SSSR count). The fourth-order valence-corrected chi connectivity index (χ4v) is 4.46. The summed E-state index contributed by atoms with van der Waals surface area (Å²) in [5, 5.41) is 5.77. The molecule has 6 aromatic rings. The van der Waals surface area contributed by atoms with Crippen molar-refractivity contribution in [3.63, 3.8) is 0 Å². The number of carbonyl (C=O) groups is 1. The molecule has 0 saturated carbocycles. The zero-order valence-corrected chi connectivity index (χ0v) is 19.6. The summed E-state index contributed by atoms with van der Waals surface area (Å²) in [6.07, 6.45) is 1.87. The molecule has 0 spiro atoms. The second kappa shape index (κ2) is 10.3. The minimum absolute atomic E-state index is 0.198. The topological polar surface area (TPSA) is 42.1 Å². The SMILES string of the molecule is CCC(=O)OC(c1cccc2ccccc12)c1cccc2ccccc12.c1ccc2[nH]ccc2c1. The standard InChI is InChI=1S/C24H20O2.C8H7N/c1-2-23(25)26-24(21-15-7-11-17-9-3-5-13-19(17)21)22-16-8-12-18-10-4-6-14-20(18)22;1-2-4-8-7(3-1)5-6-9-8/h3-16,24H,2H2,1H3;1-6,9H. The molecule has 1 N–H and O–H groups in total. The molecule has 0 fully saturated rings. The summed E-state index contributed by atoms with van der Waals surface area (Å²) in [4.78, 5) is 15.3. The highest BCUT2D eigenvalue weighted by Crippen LogP contribution is 2.35. The van der Waals surface area contributed by atoms with Crippen LogP contribution in [0.15, 0.2) is 121 Å². The van der Waals surface area contributed by atoms with Gasteiger partial charge in [-0.1, -0.05) is 110 Å². The summed E-state index contributed by atoms with van der Waals surface area (Å²) in [6.45, 7) is 1.82. The van der Waals surface area contributed by atoms with Gasteiger partial charge in [0.15, 0.2) is 6.10 Å². The highest BCUT2D eigenvalue weighted by Gasteiger charge is 2.22. The van der Waals surface area contributed by atoms with Crippen molar-refractivity contribution in [2.45, 2.75) is 19.4 Å². The van der Waals surface area contributed by atoms with Crippen molar-refractivity contribution < 1.29 is 9.53 Å². The number of benzene rings is 5. The van der Waals surface area contributed by atoms with Gasteiger partial charge in [0.05, 0.1) is 0 Å². The first kappa shape index (κ1) is 22.4. The summed E-state index contributed by atoms with van der Waals surface area (Å²) >= 11 is 0. The van der Waals surface area contributed by atoms with Gasteiger partial charge in [-0.05, 0) is 39.1 Å². The molecule has 0 aliphatic heterocycles. The van der Waals surface area contributed by atoms with Crippen molar-refractivity contribution >= 4 is 38.4 Å². The van der Waals surface area contributed by atoms with Crippen molar-refractivity contribution in [2.24, 2.45) is 0 Å². The van der Waals surface area contributed by atoms with Gasteiger partial charge in [0, 0.05) is 29.3 Å². The maximum absolute atomic E-state index is 12.2. The van der Waals surface area contributed by atoms with Crippen LogP contribution in [0.1, 0.15) is 30.6 Å². The average Bonchev–Trinajstić information content (AvgIpc) is 3.40. The van der Waals surface area contributed by atoms with Gasteiger partial charge in [-0.3, -0.25) is 4.79 Å². The molecule has 0 atom stereocenters. The normalized spacial score (nSPS) is 10.9. The van der Waals surface area contributed by atoms with Gasteiger partial charge in [-0.15, -0.1) is 0 Å². The zero-order valence-electron chi connectivity index (χ0n) is 19.6. The number of aromatic amines is 1. The predicted molar refractivity (Wildman–Crippen MR) is 144 cm³/mol. The maximum Gasteiger partial charge on any atom is 0.306 e. The molecular weight excluding hydrogens is 430 g/mol. The highest BCUT2D eigenvalue weighted by atomic mass is 16.5. The van der Waals surface area contributed by atoms with Crippen molar-refractivity contribution in [1.82, 2.24) is 4.98 Å². The lowest BCUT2D eigenvalue weighted by molar-refractivity contribution is -0.147. The number of rotatable bonds is 4. The van der Waals surface area contributed by atoms with Crippen LogP contribution in [-0.4, -0.2) is 11.0 Å². The molecule has 0 saturated heterocycles. The Morgan fingerprint density at radius 3 is 1.74 bits per heavy atom. The summed E-state index contributed by atoms with van der Waals surface area (Å²) in [5.41, 5.74) is 3.24. The van der Waals surface area contributed by atoms with Crippen LogP contribution in [0.25, 0.3) is 32.4 Å². The van der Waals surface area contributed by atoms with Gasteiger partial charge >= 0.3 is 5.97 Å². The van der Waals surface area contributed by atoms with Gasteiger partial charge in [-0.25, -0.2) is 0 Å². The number of para-hydroxylation sites is 1. The third-order valence-electron chi connectivity index (χ3n) is 6.21. The summed E-state index contributed by atoms with van der Waals surface area (Å²) in [6, 6.07) is 39.0. The van der Waals surface area contributed by atoms with Crippen LogP contribution in [-0.2, 0) is 9.53 Å². The zero-order chi connectivity index (χ0) is 24.0. The van der Waals surface area contributed by atoms with E-state index >= 15 is 0 Å². The Morgan fingerprint density at radius 1 is 0.657 bits per heavy atom. The molecule has 1 aromatic heterocycles. The molecule has 0 radical (unpaired) electrons. The lowest BCUT2D eigenvalue weighted by Gasteiger charge is -2.22. The van der Waals surface area contributed by atoms with E-state index in [0.717, 1.165) is 32.7 Å². The number of ether oxygens (including phenoxy) is 1. The number of hydrogen-bond donors (Lipinski definition) is 1. The highest BCUT2D eigenvalue weighted by molar-refractivity contribution is 5.90. The minimum atomic E-state index is -0.431. The molecular formula is C32H27NO2. The first-order valence-corrected chi connectivity index (χ1v) is 11.9. The quantitative estimate of drug-likeness (QED) is 0.271. The predicted octanol–water partition coefficient (Wildman–Crippen LogP) is 8.20. The van der Waals surface area contributed by atoms with Crippen molar-refractivity contribution in [1.29, 1.82) is 0 Å². The lowest BCUT2D eigenvalue weighted by atomic mass is 9.92. The van der Waals surface area contributed by atoms with E-state index in [-0.39, 0.29) is 5.97 Å². The molecule has 0 unspecified atom stereocenters. The first-order chi connectivity index (χ1) is 17.2. The Morgan fingerprint density at radius 2 is 1.17 bits per heavy atom. The molecule has 1 heterocycles. The monoisotopic (exact) mass is 457 g/mol. The number of carbonyl (C=O) groups excluding carboxylic acids is 1. The van der Waals surface area contributed by atoms with Gasteiger partial charge in [0.2, 0.25) is 0 Å². The van der Waals surface area contributed by atoms with E-state index in [4.69, 9.17) is 4.74 Å². The minimum Gasteiger partial charge on any atom is -0.452 e. The Bertz CT molecular complexity index is 1480. The van der Waals surface area contributed by atoms with E-state index in [1.165, 1.54) is 10.9 Å². The van der Waals surface area contributed by atoms with Crippen LogP contribution in [0.5, 0.6) is 0 Å². The number of H-pyrrole nitrogens is 1. The molecule has 5 aromatic carbocycles. The molecule has 3 nitrogen and oxygen atoms in total. The number of nitrogens with one attached hydrogen (secondary N) is 1. The Kier molecular flexibility index (Phi) is 6.58. The van der Waals surface area contributed by atoms with Crippen molar-refractivity contribution in [3.05, 3.63) is 133 Å². The second-order valence-corrected chi connectivity index (χ2v) is 8.43. The third-order valence-corrected chi connectivity index (χ3v) is 6.21. The van der Waals surface area contributed by atoms with Gasteiger partial charge in [-0.2, -0.15) is 0 Å². The summed E-state index contributed by atoms with van der Waals surface area (Å²) in [7, 11) is 0. The van der Waals surface area contributed by atoms with Crippen LogP contribution >= 0.6 is 0 Å². The molecule has 3 heteroatoms. The van der Waals surface area contributed by atoms with E-state index in [1.54, 1.807) is 0 Å². The van der Waals surface area contributed by atoms with Gasteiger partial charge in [0.1, 0.15) is 0 Å². The maximum atomic E-state index is 12.2. The molecule has 0 amide bonds. The Labute approximate surface area is 205 Å². The van der Waals surface area contributed by atoms with Crippen molar-refractivity contribution in [3.8, 4) is 0 Å². The van der Waals surface area contributed by atoms with Crippen LogP contribution < -0.4 is 0 Å². The van der Waals surface area contributed by atoms with E-state index in [0.29, 0.717) is 6.42 Å². The van der Waals surface area contributed by atoms with Crippen LogP contribution in [0, 0.1) is 0 Å². The molecule has 0 bridgehead atoms. The number of hydrogen-bond acceptors (Lipinski definition) is 2. The number of fused-ring (bicyclic) bond motifs is 3. The fourth-order valence-electron chi connectivity index (χ4n) is 4.46. The number of esters is 1. The van der Waals surface area contributed by atoms with Crippen LogP contribution in [0.4, 0.5) is 0 Å². The van der Waals surface area contributed by atoms with E-state index < -0.39 is 6.10 Å². The average molecular weight is 458 g/mol. The number of aromatic nitrogens is 1. The van der Waals surface area contributed by atoms with Gasteiger partial charge in [0.25, 0.3) is 0 Å². The van der Waals surface area contributed by atoms with Gasteiger partial charge < -0.3 is 9.72 Å². The fraction of sp³-hybridized carbons (Fsp3) is 0.0938. The Hall–Kier alpha value is -4.37. The molecule has 35 heavy (non-hydrogen) atoms. The molecule has 172 valence electrons. The smallest absolute Gasteiger partial charge is 0.306 e. The first-order valence-electron chi connectivity index (χ1n) is 11.9.